The average molecular weight is 787 g/mol. The number of rotatable bonds is 10. The van der Waals surface area contributed by atoms with Gasteiger partial charge in [-0.05, 0) is 33.5 Å². The zero-order chi connectivity index (χ0) is 39.4. The molecule has 3 heterocycles. The van der Waals surface area contributed by atoms with Gasteiger partial charge in [-0.2, -0.15) is 4.98 Å². The summed E-state index contributed by atoms with van der Waals surface area (Å²) in [5.74, 6) is -1.21. The Balaban J connectivity index is 1.56. The Hall–Kier alpha value is -4.37. The highest BCUT2D eigenvalue weighted by Gasteiger charge is 2.69. The number of nitrogens with zero attached hydrogens (tertiary/aromatic N) is 4. The van der Waals surface area contributed by atoms with Crippen molar-refractivity contribution in [2.24, 2.45) is 12.5 Å². The molecular formula is C40H46N4O7S2Si. The van der Waals surface area contributed by atoms with E-state index in [0.29, 0.717) is 5.56 Å². The number of carbonyl (C=O) groups is 2. The minimum atomic E-state index is -4.41. The Kier molecular flexibility index (Phi) is 10.2. The molecule has 0 aliphatic carbocycles. The fourth-order valence-corrected chi connectivity index (χ4v) is 16.1. The molecule has 1 amide bonds. The Morgan fingerprint density at radius 1 is 0.889 bits per heavy atom. The minimum Gasteiger partial charge on any atom is -0.516 e. The molecule has 0 saturated carbocycles. The number of ketones is 1. The van der Waals surface area contributed by atoms with E-state index in [4.69, 9.17) is 9.16 Å². The maximum atomic E-state index is 15.1. The van der Waals surface area contributed by atoms with Crippen molar-refractivity contribution in [2.45, 2.75) is 80.6 Å². The molecule has 1 saturated heterocycles. The zero-order valence-corrected chi connectivity index (χ0v) is 34.6. The molecule has 4 aromatic rings. The summed E-state index contributed by atoms with van der Waals surface area (Å²) < 4.78 is 42.1. The molecule has 0 spiro atoms. The number of sulfone groups is 1. The van der Waals surface area contributed by atoms with Gasteiger partial charge in [0.1, 0.15) is 0 Å². The van der Waals surface area contributed by atoms with Gasteiger partial charge in [-0.15, -0.1) is 5.10 Å². The Morgan fingerprint density at radius 2 is 1.41 bits per heavy atom. The molecule has 284 valence electrons. The van der Waals surface area contributed by atoms with Crippen LogP contribution in [0.4, 0.5) is 0 Å². The van der Waals surface area contributed by atoms with E-state index >= 15 is 8.42 Å². The summed E-state index contributed by atoms with van der Waals surface area (Å²) in [6.45, 7) is 13.0. The predicted molar refractivity (Wildman–Crippen MR) is 212 cm³/mol. The summed E-state index contributed by atoms with van der Waals surface area (Å²) in [6, 6.07) is 28.6. The van der Waals surface area contributed by atoms with E-state index in [2.05, 4.69) is 30.9 Å². The van der Waals surface area contributed by atoms with E-state index in [1.807, 2.05) is 66.7 Å². The number of allylic oxidation sites excluding steroid dienone is 1. The van der Waals surface area contributed by atoms with Crippen LogP contribution in [-0.4, -0.2) is 70.8 Å². The molecule has 1 aromatic heterocycles. The van der Waals surface area contributed by atoms with Gasteiger partial charge >= 0.3 is 13.9 Å². The van der Waals surface area contributed by atoms with Crippen LogP contribution in [0.25, 0.3) is 0 Å². The normalized spacial score (nSPS) is 21.4. The minimum absolute atomic E-state index is 0.00801. The van der Waals surface area contributed by atoms with Crippen LogP contribution in [0.1, 0.15) is 54.0 Å². The summed E-state index contributed by atoms with van der Waals surface area (Å²) in [6.07, 6.45) is -1.42. The highest BCUT2D eigenvalue weighted by molar-refractivity contribution is 8.15. The van der Waals surface area contributed by atoms with Gasteiger partial charge in [0, 0.05) is 26.0 Å². The summed E-state index contributed by atoms with van der Waals surface area (Å²) in [5.41, 5.74) is -0.898. The maximum absolute atomic E-state index is 15.1. The van der Waals surface area contributed by atoms with Gasteiger partial charge in [0.15, 0.2) is 36.3 Å². The molecule has 0 radical (unpaired) electrons. The Bertz CT molecular complexity index is 2250. The van der Waals surface area contributed by atoms with Crippen LogP contribution in [-0.2, 0) is 37.6 Å². The number of carbonyl (C=O) groups excluding carboxylic acids is 2. The summed E-state index contributed by atoms with van der Waals surface area (Å²) in [4.78, 5) is 47.3. The SMILES string of the molecule is CO[C@H]1C(=O)N2C(C(=O)C(C)(C)C)=C(C)C(Cc3ccccc3)(Sc3nc(=O)c(O[Si](c4ccccc4)(c4ccccc4)C(C)(C)C)nn3C)S(=O)(=O)[C@@H]12. The van der Waals surface area contributed by atoms with Gasteiger partial charge in [0.05, 0.1) is 5.70 Å². The maximum Gasteiger partial charge on any atom is 0.335 e. The first-order valence-corrected chi connectivity index (χ1v) is 21.9. The highest BCUT2D eigenvalue weighted by atomic mass is 32.3. The van der Waals surface area contributed by atoms with Gasteiger partial charge in [0.25, 0.3) is 11.8 Å². The van der Waals surface area contributed by atoms with E-state index in [0.717, 1.165) is 27.0 Å². The fraction of sp³-hybridized carbons (Fsp3) is 0.375. The van der Waals surface area contributed by atoms with Crippen molar-refractivity contribution < 1.29 is 27.2 Å². The van der Waals surface area contributed by atoms with Crippen LogP contribution >= 0.6 is 11.8 Å². The summed E-state index contributed by atoms with van der Waals surface area (Å²) in [5, 5.41) is 4.56. The van der Waals surface area contributed by atoms with Crippen LogP contribution in [0.15, 0.2) is 112 Å². The van der Waals surface area contributed by atoms with Crippen molar-refractivity contribution in [3.63, 3.8) is 0 Å². The lowest BCUT2D eigenvalue weighted by molar-refractivity contribution is -0.161. The molecule has 3 atom stereocenters. The van der Waals surface area contributed by atoms with Crippen LogP contribution in [0.5, 0.6) is 5.88 Å². The van der Waals surface area contributed by atoms with Crippen LogP contribution in [0.3, 0.4) is 0 Å². The van der Waals surface area contributed by atoms with Gasteiger partial charge < -0.3 is 9.16 Å². The Morgan fingerprint density at radius 3 is 1.89 bits per heavy atom. The van der Waals surface area contributed by atoms with Crippen molar-refractivity contribution >= 4 is 52.0 Å². The number of thioether (sulfide) groups is 1. The molecule has 0 N–H and O–H groups in total. The van der Waals surface area contributed by atoms with Crippen LogP contribution in [0.2, 0.25) is 5.04 Å². The van der Waals surface area contributed by atoms with Crippen molar-refractivity contribution in [1.29, 1.82) is 0 Å². The van der Waals surface area contributed by atoms with E-state index in [1.54, 1.807) is 59.0 Å². The number of amides is 1. The number of aryl methyl sites for hydroxylation is 1. The van der Waals surface area contributed by atoms with Crippen molar-refractivity contribution in [3.05, 3.63) is 118 Å². The third-order valence-corrected chi connectivity index (χ3v) is 19.8. The van der Waals surface area contributed by atoms with Crippen LogP contribution < -0.4 is 20.4 Å². The summed E-state index contributed by atoms with van der Waals surface area (Å²) >= 11 is 0.826. The molecule has 0 bridgehead atoms. The van der Waals surface area contributed by atoms with Gasteiger partial charge in [-0.25, -0.2) is 13.1 Å². The second-order valence-corrected chi connectivity index (χ2v) is 23.8. The fourth-order valence-electron chi connectivity index (χ4n) is 7.39. The third-order valence-electron chi connectivity index (χ3n) is 10.2. The van der Waals surface area contributed by atoms with E-state index in [-0.39, 0.29) is 28.7 Å². The number of fused-ring (bicyclic) bond motifs is 1. The van der Waals surface area contributed by atoms with E-state index < -0.39 is 61.4 Å². The first-order valence-electron chi connectivity index (χ1n) is 17.7. The Labute approximate surface area is 321 Å². The first kappa shape index (κ1) is 39.3. The number of methoxy groups -OCH3 is 1. The number of hydrogen-bond donors (Lipinski definition) is 0. The molecule has 3 aromatic carbocycles. The molecule has 2 aliphatic rings. The monoisotopic (exact) mass is 786 g/mol. The third kappa shape index (κ3) is 6.26. The standard InChI is InChI=1S/C40H46N4O7S2Si/c1-26-30(32(45)38(2,3)4)44-35(47)31(50-9)36(44)53(48,49)40(26,25-27-19-13-10-14-20-27)52-37-41-33(46)34(42-43(37)8)51-54(39(5,6)7,28-21-15-11-16-22-28)29-23-17-12-18-24-29/h10-24,31,36H,25H2,1-9H3/t31-,36-,40?/m0/s1. The molecule has 14 heteroatoms. The number of Topliss-reactive ketones (excluding diaryl/α,β-unsaturated/α-hetero) is 1. The molecule has 11 nitrogen and oxygen atoms in total. The molecule has 1 unspecified atom stereocenters. The number of aromatic nitrogens is 3. The smallest absolute Gasteiger partial charge is 0.335 e. The lowest BCUT2D eigenvalue weighted by Gasteiger charge is -2.54. The van der Waals surface area contributed by atoms with Gasteiger partial charge in [-0.1, -0.05) is 144 Å². The number of hydrogen-bond acceptors (Lipinski definition) is 10. The first-order chi connectivity index (χ1) is 25.3. The predicted octanol–water partition coefficient (Wildman–Crippen LogP) is 4.65. The van der Waals surface area contributed by atoms with Crippen molar-refractivity contribution in [1.82, 2.24) is 19.7 Å². The second kappa shape index (κ2) is 14.0. The second-order valence-electron chi connectivity index (χ2n) is 15.8. The lowest BCUT2D eigenvalue weighted by Crippen LogP contribution is -2.74. The van der Waals surface area contributed by atoms with Crippen molar-refractivity contribution in [2.75, 3.05) is 7.11 Å². The van der Waals surface area contributed by atoms with E-state index in [1.165, 1.54) is 11.8 Å². The lowest BCUT2D eigenvalue weighted by atomic mass is 9.84. The number of ether oxygens (including phenoxy) is 1. The molecule has 6 rings (SSSR count). The van der Waals surface area contributed by atoms with Crippen LogP contribution in [0, 0.1) is 5.41 Å². The van der Waals surface area contributed by atoms with Gasteiger partial charge in [0.2, 0.25) is 0 Å². The molecule has 54 heavy (non-hydrogen) atoms. The van der Waals surface area contributed by atoms with Crippen molar-refractivity contribution in [3.8, 4) is 5.88 Å². The number of β-lactam (4-membered cyclic amide) rings is 1. The van der Waals surface area contributed by atoms with Gasteiger partial charge in [-0.3, -0.25) is 19.3 Å². The van der Waals surface area contributed by atoms with E-state index in [9.17, 15) is 14.4 Å². The number of benzene rings is 3. The summed E-state index contributed by atoms with van der Waals surface area (Å²) in [7, 11) is -4.84. The average Bonchev–Trinajstić information content (AvgIpc) is 3.12. The topological polar surface area (TPSA) is 138 Å². The zero-order valence-electron chi connectivity index (χ0n) is 32.0. The molecular weight excluding hydrogens is 741 g/mol. The quantitative estimate of drug-likeness (QED) is 0.165. The molecule has 2 aliphatic heterocycles. The molecule has 1 fully saturated rings. The largest absolute Gasteiger partial charge is 0.516 e. The highest BCUT2D eigenvalue weighted by Crippen LogP contribution is 2.55.